The van der Waals surface area contributed by atoms with Gasteiger partial charge in [-0.05, 0) is 42.8 Å². The van der Waals surface area contributed by atoms with E-state index in [1.807, 2.05) is 6.92 Å². The quantitative estimate of drug-likeness (QED) is 0.884. The van der Waals surface area contributed by atoms with Crippen LogP contribution in [0.1, 0.15) is 24.2 Å². The van der Waals surface area contributed by atoms with Gasteiger partial charge in [-0.15, -0.1) is 0 Å². The van der Waals surface area contributed by atoms with Crippen molar-refractivity contribution in [3.63, 3.8) is 0 Å². The van der Waals surface area contributed by atoms with Crippen molar-refractivity contribution < 1.29 is 4.39 Å². The Morgan fingerprint density at radius 1 is 1.20 bits per heavy atom. The predicted molar refractivity (Wildman–Crippen MR) is 80.8 cm³/mol. The first-order valence-electron chi connectivity index (χ1n) is 6.40. The molecular weight excluding hydrogens is 298 g/mol. The number of hydrogen-bond acceptors (Lipinski definition) is 2. The third kappa shape index (κ3) is 3.48. The molecule has 0 radical (unpaired) electrons. The highest BCUT2D eigenvalue weighted by atomic mass is 35.5. The van der Waals surface area contributed by atoms with E-state index in [0.717, 1.165) is 5.56 Å². The van der Waals surface area contributed by atoms with Crippen LogP contribution in [-0.4, -0.2) is 11.5 Å². The lowest BCUT2D eigenvalue weighted by Crippen LogP contribution is -2.25. The smallest absolute Gasteiger partial charge is 0.146 e. The second kappa shape index (κ2) is 7.02. The molecule has 0 bridgehead atoms. The number of pyridine rings is 1. The number of halogens is 3. The average Bonchev–Trinajstić information content (AvgIpc) is 2.43. The SMILES string of the molecule is CCNC(Cc1c(Cl)cccc1Cl)c1ncccc1F. The van der Waals surface area contributed by atoms with E-state index in [-0.39, 0.29) is 11.9 Å². The lowest BCUT2D eigenvalue weighted by molar-refractivity contribution is 0.494. The van der Waals surface area contributed by atoms with E-state index in [0.29, 0.717) is 28.7 Å². The molecule has 0 fully saturated rings. The van der Waals surface area contributed by atoms with Gasteiger partial charge in [0.05, 0.1) is 11.7 Å². The molecule has 0 aliphatic rings. The second-order valence-corrected chi connectivity index (χ2v) is 5.20. The van der Waals surface area contributed by atoms with Gasteiger partial charge in [0.1, 0.15) is 5.82 Å². The number of benzene rings is 1. The molecule has 0 aliphatic carbocycles. The van der Waals surface area contributed by atoms with Crippen molar-refractivity contribution in [1.29, 1.82) is 0 Å². The first-order valence-corrected chi connectivity index (χ1v) is 7.15. The van der Waals surface area contributed by atoms with Crippen molar-refractivity contribution in [2.24, 2.45) is 0 Å². The van der Waals surface area contributed by atoms with Crippen LogP contribution in [0.5, 0.6) is 0 Å². The summed E-state index contributed by atoms with van der Waals surface area (Å²) in [5, 5.41) is 4.38. The summed E-state index contributed by atoms with van der Waals surface area (Å²) >= 11 is 12.3. The highest BCUT2D eigenvalue weighted by Gasteiger charge is 2.19. The summed E-state index contributed by atoms with van der Waals surface area (Å²) in [5.74, 6) is -0.332. The van der Waals surface area contributed by atoms with Gasteiger partial charge in [-0.25, -0.2) is 4.39 Å². The maximum atomic E-state index is 13.9. The molecule has 106 valence electrons. The van der Waals surface area contributed by atoms with Gasteiger partial charge in [0.2, 0.25) is 0 Å². The lowest BCUT2D eigenvalue weighted by Gasteiger charge is -2.19. The van der Waals surface area contributed by atoms with Crippen LogP contribution < -0.4 is 5.32 Å². The Morgan fingerprint density at radius 2 is 1.90 bits per heavy atom. The third-order valence-electron chi connectivity index (χ3n) is 3.04. The van der Waals surface area contributed by atoms with Crippen molar-refractivity contribution in [1.82, 2.24) is 10.3 Å². The van der Waals surface area contributed by atoms with Crippen molar-refractivity contribution in [3.05, 3.63) is 63.6 Å². The van der Waals surface area contributed by atoms with E-state index < -0.39 is 0 Å². The number of nitrogens with one attached hydrogen (secondary N) is 1. The van der Waals surface area contributed by atoms with Gasteiger partial charge in [-0.3, -0.25) is 4.98 Å². The van der Waals surface area contributed by atoms with Crippen molar-refractivity contribution in [2.75, 3.05) is 6.54 Å². The van der Waals surface area contributed by atoms with Gasteiger partial charge in [0.15, 0.2) is 0 Å². The molecule has 1 atom stereocenters. The summed E-state index contributed by atoms with van der Waals surface area (Å²) in [7, 11) is 0. The first kappa shape index (κ1) is 15.2. The Hall–Kier alpha value is -1.16. The minimum atomic E-state index is -0.332. The van der Waals surface area contributed by atoms with Crippen LogP contribution >= 0.6 is 23.2 Å². The molecule has 1 N–H and O–H groups in total. The number of nitrogens with zero attached hydrogens (tertiary/aromatic N) is 1. The standard InChI is InChI=1S/C15H15Cl2FN2/c1-2-19-14(15-13(18)7-4-8-20-15)9-10-11(16)5-3-6-12(10)17/h3-8,14,19H,2,9H2,1H3. The molecular formula is C15H15Cl2FN2. The fourth-order valence-electron chi connectivity index (χ4n) is 2.10. The van der Waals surface area contributed by atoms with Gasteiger partial charge < -0.3 is 5.32 Å². The number of rotatable bonds is 5. The summed E-state index contributed by atoms with van der Waals surface area (Å²) in [5.41, 5.74) is 1.18. The van der Waals surface area contributed by atoms with Gasteiger partial charge in [0.25, 0.3) is 0 Å². The molecule has 20 heavy (non-hydrogen) atoms. The van der Waals surface area contributed by atoms with Gasteiger partial charge in [0, 0.05) is 16.2 Å². The molecule has 1 aromatic heterocycles. The van der Waals surface area contributed by atoms with E-state index in [1.165, 1.54) is 6.07 Å². The molecule has 5 heteroatoms. The van der Waals surface area contributed by atoms with Crippen LogP contribution in [0, 0.1) is 5.82 Å². The number of hydrogen-bond donors (Lipinski definition) is 1. The highest BCUT2D eigenvalue weighted by Crippen LogP contribution is 2.29. The number of aromatic nitrogens is 1. The monoisotopic (exact) mass is 312 g/mol. The first-order chi connectivity index (χ1) is 9.63. The van der Waals surface area contributed by atoms with E-state index in [9.17, 15) is 4.39 Å². The van der Waals surface area contributed by atoms with Gasteiger partial charge >= 0.3 is 0 Å². The van der Waals surface area contributed by atoms with Gasteiger partial charge in [-0.1, -0.05) is 36.2 Å². The van der Waals surface area contributed by atoms with Gasteiger partial charge in [-0.2, -0.15) is 0 Å². The molecule has 0 saturated carbocycles. The molecule has 2 rings (SSSR count). The number of likely N-dealkylation sites (N-methyl/N-ethyl adjacent to an activating group) is 1. The lowest BCUT2D eigenvalue weighted by atomic mass is 10.0. The van der Waals surface area contributed by atoms with Crippen LogP contribution in [0.2, 0.25) is 10.0 Å². The van der Waals surface area contributed by atoms with Crippen LogP contribution in [0.25, 0.3) is 0 Å². The Morgan fingerprint density at radius 3 is 2.50 bits per heavy atom. The molecule has 1 heterocycles. The van der Waals surface area contributed by atoms with Crippen LogP contribution in [0.15, 0.2) is 36.5 Å². The normalized spacial score (nSPS) is 12.4. The summed E-state index contributed by atoms with van der Waals surface area (Å²) in [6.45, 7) is 2.66. The van der Waals surface area contributed by atoms with E-state index >= 15 is 0 Å². The largest absolute Gasteiger partial charge is 0.309 e. The van der Waals surface area contributed by atoms with Crippen LogP contribution in [0.3, 0.4) is 0 Å². The minimum absolute atomic E-state index is 0.265. The fourth-order valence-corrected chi connectivity index (χ4v) is 2.65. The molecule has 0 spiro atoms. The van der Waals surface area contributed by atoms with E-state index in [2.05, 4.69) is 10.3 Å². The van der Waals surface area contributed by atoms with Crippen LogP contribution in [-0.2, 0) is 6.42 Å². The summed E-state index contributed by atoms with van der Waals surface area (Å²) in [4.78, 5) is 4.13. The van der Waals surface area contributed by atoms with Crippen molar-refractivity contribution in [2.45, 2.75) is 19.4 Å². The molecule has 0 aliphatic heterocycles. The summed E-state index contributed by atoms with van der Waals surface area (Å²) in [6.07, 6.45) is 2.07. The Labute approximate surface area is 127 Å². The zero-order valence-corrected chi connectivity index (χ0v) is 12.5. The molecule has 0 saturated heterocycles. The van der Waals surface area contributed by atoms with E-state index in [1.54, 1.807) is 30.5 Å². The molecule has 0 amide bonds. The molecule has 1 unspecified atom stereocenters. The Bertz CT molecular complexity index is 570. The maximum absolute atomic E-state index is 13.9. The topological polar surface area (TPSA) is 24.9 Å². The third-order valence-corrected chi connectivity index (χ3v) is 3.75. The average molecular weight is 313 g/mol. The highest BCUT2D eigenvalue weighted by molar-refractivity contribution is 6.36. The van der Waals surface area contributed by atoms with Crippen molar-refractivity contribution in [3.8, 4) is 0 Å². The Balaban J connectivity index is 2.33. The Kier molecular flexibility index (Phi) is 5.35. The minimum Gasteiger partial charge on any atom is -0.309 e. The zero-order chi connectivity index (χ0) is 14.5. The van der Waals surface area contributed by atoms with E-state index in [4.69, 9.17) is 23.2 Å². The fraction of sp³-hybridized carbons (Fsp3) is 0.267. The summed E-state index contributed by atoms with van der Waals surface area (Å²) < 4.78 is 13.9. The predicted octanol–water partition coefficient (Wildman–Crippen LogP) is 4.42. The molecule has 1 aromatic carbocycles. The second-order valence-electron chi connectivity index (χ2n) is 4.39. The maximum Gasteiger partial charge on any atom is 0.146 e. The van der Waals surface area contributed by atoms with Crippen LogP contribution in [0.4, 0.5) is 4.39 Å². The molecule has 2 nitrogen and oxygen atoms in total. The zero-order valence-electron chi connectivity index (χ0n) is 11.0. The summed E-state index contributed by atoms with van der Waals surface area (Å²) in [6, 6.07) is 8.06. The van der Waals surface area contributed by atoms with Crippen molar-refractivity contribution >= 4 is 23.2 Å². The molecule has 2 aromatic rings.